The molecule has 2 aromatic heterocycles. The number of fused-ring (bicyclic) bond motifs is 2. The Balaban J connectivity index is 1.66. The van der Waals surface area contributed by atoms with E-state index in [2.05, 4.69) is 14.9 Å². The number of aromatic nitrogens is 4. The van der Waals surface area contributed by atoms with E-state index >= 15 is 0 Å². The Kier molecular flexibility index (Phi) is 3.83. The van der Waals surface area contributed by atoms with E-state index in [1.165, 1.54) is 12.8 Å². The van der Waals surface area contributed by atoms with Gasteiger partial charge in [-0.25, -0.2) is 4.98 Å². The summed E-state index contributed by atoms with van der Waals surface area (Å²) in [6.07, 6.45) is 5.97. The highest BCUT2D eigenvalue weighted by Gasteiger charge is 2.44. The average molecular weight is 364 g/mol. The van der Waals surface area contributed by atoms with Gasteiger partial charge in [0.1, 0.15) is 12.1 Å². The van der Waals surface area contributed by atoms with Gasteiger partial charge in [0.2, 0.25) is 5.28 Å². The second-order valence-corrected chi connectivity index (χ2v) is 7.66. The summed E-state index contributed by atoms with van der Waals surface area (Å²) in [4.78, 5) is 16.2. The molecule has 2 aromatic rings. The van der Waals surface area contributed by atoms with Crippen molar-refractivity contribution in [1.29, 1.82) is 0 Å². The molecule has 7 nitrogen and oxygen atoms in total. The maximum atomic E-state index is 9.49. The number of hydrogen-bond donors (Lipinski definition) is 1. The minimum absolute atomic E-state index is 0.0426. The molecule has 6 rings (SSSR count). The minimum Gasteiger partial charge on any atom is -0.396 e. The molecule has 0 radical (unpaired) electrons. The van der Waals surface area contributed by atoms with Crippen molar-refractivity contribution in [2.45, 2.75) is 50.8 Å². The SMILES string of the molecule is OCCc1nc2c(N3CC4CC3C4)nc(Cl)nc2n1C1CCCCO1. The topological polar surface area (TPSA) is 76.3 Å². The van der Waals surface area contributed by atoms with Gasteiger partial charge in [0.25, 0.3) is 0 Å². The van der Waals surface area contributed by atoms with E-state index in [9.17, 15) is 5.11 Å². The summed E-state index contributed by atoms with van der Waals surface area (Å²) in [7, 11) is 0. The predicted octanol–water partition coefficient (Wildman–Crippen LogP) is 2.31. The molecule has 1 unspecified atom stereocenters. The zero-order valence-corrected chi connectivity index (χ0v) is 14.8. The lowest BCUT2D eigenvalue weighted by Crippen LogP contribution is -2.29. The Hall–Kier alpha value is -1.44. The molecule has 4 aliphatic rings. The van der Waals surface area contributed by atoms with Crippen molar-refractivity contribution in [3.05, 3.63) is 11.1 Å². The molecule has 8 heteroatoms. The lowest BCUT2D eigenvalue weighted by Gasteiger charge is -2.27. The lowest BCUT2D eigenvalue weighted by atomic mass is 9.86. The van der Waals surface area contributed by atoms with Crippen LogP contribution in [-0.4, -0.2) is 50.4 Å². The zero-order chi connectivity index (χ0) is 17.0. The summed E-state index contributed by atoms with van der Waals surface area (Å²) < 4.78 is 8.01. The van der Waals surface area contributed by atoms with Crippen LogP contribution in [0.5, 0.6) is 0 Å². The number of imidazole rings is 1. The fraction of sp³-hybridized carbons (Fsp3) is 0.706. The molecule has 0 aromatic carbocycles. The van der Waals surface area contributed by atoms with E-state index in [0.717, 1.165) is 61.1 Å². The van der Waals surface area contributed by atoms with Crippen LogP contribution in [0.2, 0.25) is 5.28 Å². The minimum atomic E-state index is -0.0913. The molecule has 1 atom stereocenters. The van der Waals surface area contributed by atoms with Gasteiger partial charge < -0.3 is 14.7 Å². The molecule has 0 amide bonds. The van der Waals surface area contributed by atoms with Crippen LogP contribution in [0, 0.1) is 5.92 Å². The standard InChI is InChI=1S/C17H22ClN5O2/c18-17-20-15(22-9-10-7-11(22)8-10)14-16(21-17)23(12(19-14)4-5-24)13-3-1-2-6-25-13/h10-11,13,24H,1-9H2. The molecular formula is C17H22ClN5O2. The summed E-state index contributed by atoms with van der Waals surface area (Å²) in [5.41, 5.74) is 1.52. The number of rotatable bonds is 4. The van der Waals surface area contributed by atoms with E-state index in [-0.39, 0.29) is 18.1 Å². The summed E-state index contributed by atoms with van der Waals surface area (Å²) in [6.45, 7) is 1.81. The maximum Gasteiger partial charge on any atom is 0.226 e. The Bertz CT molecular complexity index is 798. The summed E-state index contributed by atoms with van der Waals surface area (Å²) in [6, 6.07) is 0.552. The third kappa shape index (κ3) is 2.52. The molecule has 5 heterocycles. The number of halogens is 1. The van der Waals surface area contributed by atoms with E-state index in [1.54, 1.807) is 0 Å². The Morgan fingerprint density at radius 1 is 1.20 bits per heavy atom. The van der Waals surface area contributed by atoms with Gasteiger partial charge in [0.15, 0.2) is 17.0 Å². The monoisotopic (exact) mass is 363 g/mol. The molecule has 3 aliphatic heterocycles. The Labute approximate surface area is 151 Å². The molecule has 25 heavy (non-hydrogen) atoms. The lowest BCUT2D eigenvalue weighted by molar-refractivity contribution is -0.0315. The highest BCUT2D eigenvalue weighted by molar-refractivity contribution is 6.28. The van der Waals surface area contributed by atoms with Gasteiger partial charge in [-0.1, -0.05) is 0 Å². The van der Waals surface area contributed by atoms with E-state index in [0.29, 0.717) is 12.5 Å². The van der Waals surface area contributed by atoms with Crippen LogP contribution in [-0.2, 0) is 11.2 Å². The van der Waals surface area contributed by atoms with Crippen LogP contribution >= 0.6 is 11.6 Å². The van der Waals surface area contributed by atoms with Crippen LogP contribution in [0.15, 0.2) is 0 Å². The highest BCUT2D eigenvalue weighted by atomic mass is 35.5. The summed E-state index contributed by atoms with van der Waals surface area (Å²) in [5.74, 6) is 2.41. The fourth-order valence-corrected chi connectivity index (χ4v) is 4.64. The van der Waals surface area contributed by atoms with Crippen molar-refractivity contribution in [1.82, 2.24) is 19.5 Å². The molecule has 3 saturated heterocycles. The first kappa shape index (κ1) is 15.8. The smallest absolute Gasteiger partial charge is 0.226 e. The van der Waals surface area contributed by atoms with Gasteiger partial charge >= 0.3 is 0 Å². The number of hydrogen-bond acceptors (Lipinski definition) is 6. The van der Waals surface area contributed by atoms with Crippen LogP contribution < -0.4 is 4.90 Å². The van der Waals surface area contributed by atoms with E-state index in [1.807, 2.05) is 4.57 Å². The summed E-state index contributed by atoms with van der Waals surface area (Å²) in [5, 5.41) is 9.73. The quantitative estimate of drug-likeness (QED) is 0.840. The van der Waals surface area contributed by atoms with Gasteiger partial charge in [-0.05, 0) is 49.6 Å². The molecule has 134 valence electrons. The van der Waals surface area contributed by atoms with Crippen molar-refractivity contribution in [2.75, 3.05) is 24.7 Å². The number of ether oxygens (including phenoxy) is 1. The number of aliphatic hydroxyl groups is 1. The van der Waals surface area contributed by atoms with Crippen molar-refractivity contribution >= 4 is 28.6 Å². The van der Waals surface area contributed by atoms with Gasteiger partial charge in [-0.15, -0.1) is 0 Å². The third-order valence-corrected chi connectivity index (χ3v) is 5.89. The van der Waals surface area contributed by atoms with Crippen LogP contribution in [0.25, 0.3) is 11.2 Å². The first-order valence-electron chi connectivity index (χ1n) is 9.18. The number of anilines is 1. The molecule has 1 N–H and O–H groups in total. The van der Waals surface area contributed by atoms with Crippen LogP contribution in [0.1, 0.15) is 44.2 Å². The maximum absolute atomic E-state index is 9.49. The van der Waals surface area contributed by atoms with Crippen molar-refractivity contribution in [3.63, 3.8) is 0 Å². The first-order chi connectivity index (χ1) is 12.2. The average Bonchev–Trinajstić information content (AvgIpc) is 3.26. The summed E-state index contributed by atoms with van der Waals surface area (Å²) >= 11 is 6.28. The second-order valence-electron chi connectivity index (χ2n) is 7.32. The first-order valence-corrected chi connectivity index (χ1v) is 9.56. The van der Waals surface area contributed by atoms with Crippen LogP contribution in [0.3, 0.4) is 0 Å². The molecule has 0 spiro atoms. The molecule has 1 saturated carbocycles. The van der Waals surface area contributed by atoms with Crippen molar-refractivity contribution < 1.29 is 9.84 Å². The van der Waals surface area contributed by atoms with Gasteiger partial charge in [-0.2, -0.15) is 9.97 Å². The van der Waals surface area contributed by atoms with Crippen LogP contribution in [0.4, 0.5) is 5.82 Å². The third-order valence-electron chi connectivity index (χ3n) is 5.72. The number of aliphatic hydroxyl groups excluding tert-OH is 1. The molecule has 2 bridgehead atoms. The van der Waals surface area contributed by atoms with Crippen molar-refractivity contribution in [3.8, 4) is 0 Å². The fourth-order valence-electron chi connectivity index (χ4n) is 4.48. The predicted molar refractivity (Wildman–Crippen MR) is 93.8 cm³/mol. The van der Waals surface area contributed by atoms with Gasteiger partial charge in [0.05, 0.1) is 6.61 Å². The largest absolute Gasteiger partial charge is 0.396 e. The zero-order valence-electron chi connectivity index (χ0n) is 14.1. The molecular weight excluding hydrogens is 342 g/mol. The van der Waals surface area contributed by atoms with Crippen molar-refractivity contribution in [2.24, 2.45) is 5.92 Å². The Morgan fingerprint density at radius 3 is 2.76 bits per heavy atom. The molecule has 1 aliphatic carbocycles. The van der Waals surface area contributed by atoms with E-state index in [4.69, 9.17) is 21.3 Å². The molecule has 4 fully saturated rings. The van der Waals surface area contributed by atoms with E-state index < -0.39 is 0 Å². The Morgan fingerprint density at radius 2 is 2.08 bits per heavy atom. The highest BCUT2D eigenvalue weighted by Crippen LogP contribution is 2.44. The number of nitrogens with zero attached hydrogens (tertiary/aromatic N) is 5. The normalized spacial score (nSPS) is 28.6. The van der Waals surface area contributed by atoms with Gasteiger partial charge in [-0.3, -0.25) is 4.57 Å². The second kappa shape index (κ2) is 6.07. The van der Waals surface area contributed by atoms with Gasteiger partial charge in [0, 0.05) is 25.6 Å².